The monoisotopic (exact) mass is 770 g/mol. The zero-order valence-corrected chi connectivity index (χ0v) is 32.5. The molecule has 8 rings (SSSR count). The van der Waals surface area contributed by atoms with Crippen LogP contribution >= 0.6 is 11.8 Å². The van der Waals surface area contributed by atoms with Gasteiger partial charge in [-0.05, 0) is 34.7 Å². The summed E-state index contributed by atoms with van der Waals surface area (Å²) in [6.45, 7) is 3.73. The lowest BCUT2D eigenvalue weighted by Gasteiger charge is -2.39. The minimum atomic E-state index is -1.32. The first-order chi connectivity index (χ1) is 27.8. The molecule has 0 aromatic heterocycles. The molecule has 6 aromatic rings. The Morgan fingerprint density at radius 1 is 0.614 bits per heavy atom. The average molecular weight is 771 g/mol. The Kier molecular flexibility index (Phi) is 10.4. The zero-order valence-electron chi connectivity index (χ0n) is 31.7. The summed E-state index contributed by atoms with van der Waals surface area (Å²) in [5.74, 6) is -2.57. The molecule has 0 spiro atoms. The SMILES string of the molecule is CC(C)C1N(C(=O)C(CSC(c2ccccc2)(c2ccccc2)c2ccccc2)CN2C(=O)c3ccccc3C2=O)C(=O)OC1(c1ccccc1)c1ccccc1. The van der Waals surface area contributed by atoms with Crippen molar-refractivity contribution in [2.75, 3.05) is 12.3 Å². The maximum Gasteiger partial charge on any atom is 0.418 e. The van der Waals surface area contributed by atoms with Gasteiger partial charge in [0.2, 0.25) is 5.91 Å². The lowest BCUT2D eigenvalue weighted by Crippen LogP contribution is -2.53. The third-order valence-corrected chi connectivity index (χ3v) is 12.8. The van der Waals surface area contributed by atoms with Crippen LogP contribution < -0.4 is 0 Å². The molecule has 0 aliphatic carbocycles. The molecular formula is C49H42N2O5S. The van der Waals surface area contributed by atoms with Gasteiger partial charge < -0.3 is 4.74 Å². The van der Waals surface area contributed by atoms with E-state index in [0.717, 1.165) is 32.7 Å². The highest BCUT2D eigenvalue weighted by Gasteiger charge is 2.60. The molecule has 4 amide bonds. The molecule has 284 valence electrons. The van der Waals surface area contributed by atoms with Crippen molar-refractivity contribution in [3.05, 3.63) is 215 Å². The number of ether oxygens (including phenoxy) is 1. The van der Waals surface area contributed by atoms with E-state index < -0.39 is 46.1 Å². The lowest BCUT2D eigenvalue weighted by molar-refractivity contribution is -0.134. The Morgan fingerprint density at radius 2 is 1.00 bits per heavy atom. The van der Waals surface area contributed by atoms with E-state index in [4.69, 9.17) is 4.74 Å². The number of benzene rings is 6. The molecular weight excluding hydrogens is 729 g/mol. The van der Waals surface area contributed by atoms with E-state index in [1.165, 1.54) is 4.90 Å². The van der Waals surface area contributed by atoms with Crippen LogP contribution in [0.5, 0.6) is 0 Å². The minimum Gasteiger partial charge on any atom is -0.430 e. The van der Waals surface area contributed by atoms with Gasteiger partial charge in [0.05, 0.1) is 27.8 Å². The number of thioether (sulfide) groups is 1. The molecule has 2 unspecified atom stereocenters. The molecule has 0 bridgehead atoms. The molecule has 0 radical (unpaired) electrons. The Balaban J connectivity index is 1.26. The highest BCUT2D eigenvalue weighted by Crippen LogP contribution is 2.51. The molecule has 2 atom stereocenters. The summed E-state index contributed by atoms with van der Waals surface area (Å²) in [7, 11) is 0. The number of imide groups is 2. The molecule has 8 heteroatoms. The summed E-state index contributed by atoms with van der Waals surface area (Å²) in [6.07, 6.45) is -0.774. The van der Waals surface area contributed by atoms with Crippen LogP contribution in [0, 0.1) is 11.8 Å². The third-order valence-electron chi connectivity index (χ3n) is 11.1. The number of fused-ring (bicyclic) bond motifs is 1. The first-order valence-electron chi connectivity index (χ1n) is 19.2. The topological polar surface area (TPSA) is 84.0 Å². The fraction of sp³-hybridized carbons (Fsp3) is 0.184. The molecule has 2 heterocycles. The third kappa shape index (κ3) is 6.53. The first kappa shape index (κ1) is 37.7. The summed E-state index contributed by atoms with van der Waals surface area (Å²) < 4.78 is 5.69. The van der Waals surface area contributed by atoms with Crippen molar-refractivity contribution >= 4 is 35.6 Å². The summed E-state index contributed by atoms with van der Waals surface area (Å²) in [6, 6.07) is 55.4. The Bertz CT molecular complexity index is 2220. The lowest BCUT2D eigenvalue weighted by atomic mass is 9.75. The number of amides is 4. The Morgan fingerprint density at radius 3 is 1.40 bits per heavy atom. The molecule has 2 aliphatic rings. The Labute approximate surface area is 337 Å². The van der Waals surface area contributed by atoms with Crippen molar-refractivity contribution in [3.8, 4) is 0 Å². The second-order valence-corrected chi connectivity index (χ2v) is 16.0. The van der Waals surface area contributed by atoms with Crippen molar-refractivity contribution in [2.24, 2.45) is 11.8 Å². The van der Waals surface area contributed by atoms with Gasteiger partial charge in [-0.2, -0.15) is 0 Å². The highest BCUT2D eigenvalue weighted by molar-refractivity contribution is 8.00. The van der Waals surface area contributed by atoms with Gasteiger partial charge in [0.15, 0.2) is 5.60 Å². The number of carbonyl (C=O) groups is 4. The zero-order chi connectivity index (χ0) is 39.6. The maximum absolute atomic E-state index is 15.6. The van der Waals surface area contributed by atoms with E-state index in [2.05, 4.69) is 36.4 Å². The van der Waals surface area contributed by atoms with Gasteiger partial charge in [-0.1, -0.05) is 178 Å². The second-order valence-electron chi connectivity index (χ2n) is 14.8. The number of carbonyl (C=O) groups excluding carboxylic acids is 4. The van der Waals surface area contributed by atoms with Gasteiger partial charge in [-0.3, -0.25) is 19.3 Å². The first-order valence-corrected chi connectivity index (χ1v) is 20.2. The molecule has 1 fully saturated rings. The molecule has 2 aliphatic heterocycles. The quantitative estimate of drug-likeness (QED) is 0.0911. The van der Waals surface area contributed by atoms with Gasteiger partial charge in [0.25, 0.3) is 11.8 Å². The number of hydrogen-bond acceptors (Lipinski definition) is 6. The van der Waals surface area contributed by atoms with Gasteiger partial charge in [0.1, 0.15) is 0 Å². The predicted molar refractivity (Wildman–Crippen MR) is 223 cm³/mol. The van der Waals surface area contributed by atoms with E-state index in [-0.39, 0.29) is 18.2 Å². The molecule has 0 N–H and O–H groups in total. The largest absolute Gasteiger partial charge is 0.430 e. The van der Waals surface area contributed by atoms with Crippen LogP contribution in [0.15, 0.2) is 176 Å². The number of nitrogens with zero attached hydrogens (tertiary/aromatic N) is 2. The van der Waals surface area contributed by atoms with E-state index in [1.54, 1.807) is 36.0 Å². The van der Waals surface area contributed by atoms with E-state index >= 15 is 4.79 Å². The van der Waals surface area contributed by atoms with E-state index in [1.807, 2.05) is 129 Å². The fourth-order valence-corrected chi connectivity index (χ4v) is 10.2. The predicted octanol–water partition coefficient (Wildman–Crippen LogP) is 9.57. The van der Waals surface area contributed by atoms with Crippen molar-refractivity contribution in [2.45, 2.75) is 30.2 Å². The Hall–Kier alpha value is -6.25. The van der Waals surface area contributed by atoms with Crippen LogP contribution in [0.4, 0.5) is 4.79 Å². The van der Waals surface area contributed by atoms with Crippen LogP contribution in [0.2, 0.25) is 0 Å². The fourth-order valence-electron chi connectivity index (χ4n) is 8.55. The van der Waals surface area contributed by atoms with Crippen molar-refractivity contribution in [1.82, 2.24) is 9.80 Å². The maximum atomic E-state index is 15.6. The van der Waals surface area contributed by atoms with E-state index in [0.29, 0.717) is 11.1 Å². The molecule has 57 heavy (non-hydrogen) atoms. The molecule has 7 nitrogen and oxygen atoms in total. The van der Waals surface area contributed by atoms with Crippen LogP contribution in [0.1, 0.15) is 62.4 Å². The van der Waals surface area contributed by atoms with Crippen LogP contribution in [0.25, 0.3) is 0 Å². The molecule has 6 aromatic carbocycles. The summed E-state index contributed by atoms with van der Waals surface area (Å²) in [5.41, 5.74) is 3.72. The standard InChI is InChI=1S/C49H42N2O5S/c1-34(2)43-48(36-20-8-3-9-21-36,37-22-10-4-11-23-37)56-47(55)51(43)44(52)35(32-50-45(53)41-30-18-19-31-42(41)46(50)54)33-57-49(38-24-12-5-13-25-38,39-26-14-6-15-27-39)40-28-16-7-17-29-40/h3-31,34-35,43H,32-33H2,1-2H3. The van der Waals surface area contributed by atoms with Crippen molar-refractivity contribution < 1.29 is 23.9 Å². The van der Waals surface area contributed by atoms with Gasteiger partial charge in [-0.15, -0.1) is 11.8 Å². The van der Waals surface area contributed by atoms with Crippen molar-refractivity contribution in [3.63, 3.8) is 0 Å². The van der Waals surface area contributed by atoms with Crippen LogP contribution in [-0.4, -0.2) is 52.0 Å². The van der Waals surface area contributed by atoms with Crippen molar-refractivity contribution in [1.29, 1.82) is 0 Å². The number of rotatable bonds is 12. The van der Waals surface area contributed by atoms with Gasteiger partial charge >= 0.3 is 6.09 Å². The van der Waals surface area contributed by atoms with E-state index in [9.17, 15) is 14.4 Å². The number of cyclic esters (lactones) is 1. The molecule has 1 saturated heterocycles. The van der Waals surface area contributed by atoms with Crippen LogP contribution in [0.3, 0.4) is 0 Å². The molecule has 0 saturated carbocycles. The second kappa shape index (κ2) is 15.7. The van der Waals surface area contributed by atoms with Gasteiger partial charge in [-0.25, -0.2) is 9.69 Å². The normalized spacial score (nSPS) is 16.8. The highest BCUT2D eigenvalue weighted by atomic mass is 32.2. The average Bonchev–Trinajstić information content (AvgIpc) is 3.72. The van der Waals surface area contributed by atoms with Gasteiger partial charge in [0, 0.05) is 23.4 Å². The number of hydrogen-bond donors (Lipinski definition) is 0. The summed E-state index contributed by atoms with van der Waals surface area (Å²) in [4.78, 5) is 60.4. The van der Waals surface area contributed by atoms with Crippen LogP contribution in [-0.2, 0) is 19.9 Å². The smallest absolute Gasteiger partial charge is 0.418 e. The minimum absolute atomic E-state index is 0.142. The summed E-state index contributed by atoms with van der Waals surface area (Å²) >= 11 is 1.55. The summed E-state index contributed by atoms with van der Waals surface area (Å²) in [5, 5.41) is 0.